The molecule has 0 aromatic carbocycles. The van der Waals surface area contributed by atoms with Crippen molar-refractivity contribution >= 4 is 35.4 Å². The van der Waals surface area contributed by atoms with Gasteiger partial charge in [-0.15, -0.1) is 10.2 Å². The van der Waals surface area contributed by atoms with Crippen LogP contribution in [0.4, 0.5) is 0 Å². The van der Waals surface area contributed by atoms with Crippen LogP contribution in [0.25, 0.3) is 0 Å². The molecule has 24 atom stereocenters. The van der Waals surface area contributed by atoms with E-state index in [1.54, 1.807) is 9.80 Å². The minimum absolute atomic E-state index is 0.0404. The smallest absolute Gasteiger partial charge is 0.326 e. The van der Waals surface area contributed by atoms with E-state index in [4.69, 9.17) is 66.3 Å². The maximum Gasteiger partial charge on any atom is 0.326 e. The van der Waals surface area contributed by atoms with Crippen LogP contribution in [0.1, 0.15) is 182 Å². The van der Waals surface area contributed by atoms with E-state index in [0.29, 0.717) is 44.0 Å². The summed E-state index contributed by atoms with van der Waals surface area (Å²) in [6, 6.07) is -3.46. The summed E-state index contributed by atoms with van der Waals surface area (Å²) in [6.45, 7) is 4.48. The number of ether oxygens (including phenoxy) is 14. The molecule has 0 spiro atoms. The number of hydrogen-bond donors (Lipinski definition) is 19. The number of carbonyl (C=O) groups excluding carboxylic acids is 6. The lowest BCUT2D eigenvalue weighted by Crippen LogP contribution is -2.63. The van der Waals surface area contributed by atoms with Crippen molar-refractivity contribution in [2.45, 2.75) is 322 Å². The topological polar surface area (TPSA) is 702 Å². The number of nitrogens with one attached hydrogen (secondary N) is 8. The van der Waals surface area contributed by atoms with Crippen molar-refractivity contribution in [3.8, 4) is 0 Å². The largest absolute Gasteiger partial charge is 0.506 e. The van der Waals surface area contributed by atoms with E-state index in [0.717, 1.165) is 89.2 Å². The van der Waals surface area contributed by atoms with Crippen LogP contribution >= 0.6 is 0 Å². The van der Waals surface area contributed by atoms with Crippen molar-refractivity contribution in [3.63, 3.8) is 0 Å². The molecule has 9 heterocycles. The number of H-pyrrole nitrogens is 4. The van der Waals surface area contributed by atoms with Crippen molar-refractivity contribution in [1.29, 1.82) is 0 Å². The number of nitrogens with zero attached hydrogens (tertiary/aromatic N) is 8. The maximum absolute atomic E-state index is 14.6. The first-order valence-electron chi connectivity index (χ1n) is 48.2. The van der Waals surface area contributed by atoms with E-state index >= 15 is 0 Å². The summed E-state index contributed by atoms with van der Waals surface area (Å²) in [7, 11) is 0. The third-order valence-electron chi connectivity index (χ3n) is 26.6. The fourth-order valence-corrected chi connectivity index (χ4v) is 18.8. The second-order valence-electron chi connectivity index (χ2n) is 36.9. The van der Waals surface area contributed by atoms with Gasteiger partial charge in [0.25, 0.3) is 34.7 Å². The summed E-state index contributed by atoms with van der Waals surface area (Å²) < 4.78 is 88.9. The van der Waals surface area contributed by atoms with Gasteiger partial charge in [-0.3, -0.25) is 48.3 Å². The number of rotatable bonds is 50. The van der Waals surface area contributed by atoms with Gasteiger partial charge in [0.15, 0.2) is 41.7 Å². The molecule has 4 aliphatic carbocycles. The summed E-state index contributed by atoms with van der Waals surface area (Å²) in [5.74, 6) is -6.56. The maximum atomic E-state index is 14.6. The van der Waals surface area contributed by atoms with Crippen LogP contribution in [-0.4, -0.2) is 390 Å². The Morgan fingerprint density at radius 1 is 0.529 bits per heavy atom. The Kier molecular flexibility index (Phi) is 40.0. The van der Waals surface area contributed by atoms with Gasteiger partial charge in [-0.1, -0.05) is 74.6 Å². The van der Waals surface area contributed by atoms with Gasteiger partial charge in [-0.25, -0.2) is 19.0 Å². The zero-order valence-electron chi connectivity index (χ0n) is 78.5. The zero-order valence-corrected chi connectivity index (χ0v) is 78.5. The molecule has 19 N–H and O–H groups in total. The van der Waals surface area contributed by atoms with Gasteiger partial charge in [0, 0.05) is 38.3 Å². The van der Waals surface area contributed by atoms with Crippen LogP contribution in [0.3, 0.4) is 0 Å². The summed E-state index contributed by atoms with van der Waals surface area (Å²) in [5.41, 5.74) is -3.87. The third-order valence-corrected chi connectivity index (χ3v) is 26.6. The van der Waals surface area contributed by atoms with Crippen molar-refractivity contribution in [1.82, 2.24) is 81.0 Å². The first-order valence-corrected chi connectivity index (χ1v) is 48.2. The van der Waals surface area contributed by atoms with E-state index < -0.39 is 254 Å². The second-order valence-corrected chi connectivity index (χ2v) is 36.9. The van der Waals surface area contributed by atoms with E-state index in [2.05, 4.69) is 51.9 Å². The van der Waals surface area contributed by atoms with Gasteiger partial charge in [-0.05, 0) is 96.8 Å². The second kappa shape index (κ2) is 52.0. The van der Waals surface area contributed by atoms with Crippen LogP contribution in [0.5, 0.6) is 0 Å². The van der Waals surface area contributed by atoms with E-state index in [9.17, 15) is 104 Å². The van der Waals surface area contributed by atoms with Gasteiger partial charge in [0.1, 0.15) is 122 Å². The van der Waals surface area contributed by atoms with Gasteiger partial charge < -0.3 is 164 Å². The Morgan fingerprint density at radius 3 is 1.54 bits per heavy atom. The molecule has 140 heavy (non-hydrogen) atoms. The van der Waals surface area contributed by atoms with Gasteiger partial charge in [-0.2, -0.15) is 0 Å². The highest BCUT2D eigenvalue weighted by molar-refractivity contribution is 5.93. The molecule has 4 aromatic heterocycles. The molecule has 6 amide bonds. The first kappa shape index (κ1) is 108. The Labute approximate surface area is 802 Å². The lowest BCUT2D eigenvalue weighted by Gasteiger charge is -2.46. The van der Waals surface area contributed by atoms with Crippen molar-refractivity contribution in [2.75, 3.05) is 92.2 Å². The van der Waals surface area contributed by atoms with Gasteiger partial charge in [0.05, 0.1) is 128 Å². The normalized spacial score (nSPS) is 28.1. The van der Waals surface area contributed by atoms with Gasteiger partial charge in [0.2, 0.25) is 18.1 Å². The molecular formula is C89H134N16O35. The van der Waals surface area contributed by atoms with Crippen molar-refractivity contribution in [3.05, 3.63) is 112 Å². The molecule has 13 rings (SSSR count). The molecular weight excluding hydrogens is 1850 g/mol. The van der Waals surface area contributed by atoms with Crippen LogP contribution in [-0.2, 0) is 112 Å². The van der Waals surface area contributed by atoms with Crippen molar-refractivity contribution in [2.24, 2.45) is 11.8 Å². The average Bonchev–Trinajstić information content (AvgIpc) is 1.81. The highest BCUT2D eigenvalue weighted by atomic mass is 16.7. The number of hydrogen-bond acceptors (Lipinski definition) is 39. The number of aliphatic hydroxyl groups excluding tert-OH is 11. The van der Waals surface area contributed by atoms with Crippen LogP contribution in [0.2, 0.25) is 0 Å². The standard InChI is InChI=1S/C89H134N16O35/c1-46(132-58-20-10-18-53(90-81(121)55-36-63(109)96-88(125)92-55)77(58)139-86-75(119)73(117)69(113)47(2)133-86)67(79(71(115)57(108)42-106)135-60(83(123)102-22-12-23-102)34-49-14-6-4-7-15-49)94-65(111)40-104-38-51(98-100-104)44-130-32-30-128-28-26-127-27-29-129-31-33-131-45-52-39-105(101-99-52)41-66(112)95-68-80(136-61(84(124)103-24-13-25-103)35-50-16-8-5-9-17-50)72(116)62(43-107)138-85(68)137-59-21-11-19-54(91-82(122)56-37-64(110)97-89(126)93-56)78(59)140-87-76(120)74(118)70(114)48(3)134-87/h36-39,46-50,53-54,57-61,67-69,71,73,75-80,85-87,106-108,113-120H,4-35,40-45H2,1-3H3,(H,90,121)(H,91,122)(H,94,111)(H,95,112)(H2,92,96,109,125)(H2,93,97,110,126)/t46-,47?,48?,53?,54?,57?,58-,59-,60+,61+,67?,68?,69-,71+,73?,75?,76?,77?,78?,79?,80?,85-,86+,87+/m1/s1. The average molecular weight is 1990 g/mol. The van der Waals surface area contributed by atoms with Gasteiger partial charge >= 0.3 is 11.4 Å². The Hall–Kier alpha value is -9.70. The lowest BCUT2D eigenvalue weighted by atomic mass is 9.84. The minimum atomic E-state index is -1.99. The molecule has 5 aliphatic heterocycles. The van der Waals surface area contributed by atoms with Crippen LogP contribution < -0.4 is 43.8 Å². The van der Waals surface area contributed by atoms with E-state index in [1.807, 2.05) is 9.97 Å². The molecule has 51 heteroatoms. The number of aromatic amines is 4. The summed E-state index contributed by atoms with van der Waals surface area (Å²) in [4.78, 5) is 147. The predicted molar refractivity (Wildman–Crippen MR) is 478 cm³/mol. The molecule has 4 aromatic rings. The van der Waals surface area contributed by atoms with Crippen LogP contribution in [0, 0.1) is 11.8 Å². The molecule has 14 unspecified atom stereocenters. The fraction of sp³-hybridized carbons (Fsp3) is 0.753. The number of aliphatic hydroxyl groups is 11. The summed E-state index contributed by atoms with van der Waals surface area (Å²) in [6.07, 6.45) is -15.4. The molecule has 780 valence electrons. The molecule has 0 radical (unpaired) electrons. The lowest BCUT2D eigenvalue weighted by molar-refractivity contribution is -0.317. The SMILES string of the molecule is CC1O[C@@H](OC2C(NC(=O)c3cc(=O)[nH]c(=O)[nH]3)CCC[C@H]2O[C@@H]2OC(CO)=C(O)C(O[C@@H](CC3CCCCC3)C(=O)N3CCC3)C2NC(=O)Cn2cc(COCCOCCOCCOCCOCc3cn(CC(=O)NC(C(O[C@@H](CC4CCCCC4)C(=O)N4CCC4)[C@@H](O)C(O)CO)[C@@H](C)O[C@@H]4CCCC(NC(=O)c5cc(=O)[nH]c(=O)[nH]5)C4O[C@@H]4OC(C)[C@@H](O)C(O)C4O)nn3)nn2)C(O)C(O)=C1O. The number of amides is 6. The predicted octanol–water partition coefficient (Wildman–Crippen LogP) is -3.72. The molecule has 4 saturated carbocycles. The van der Waals surface area contributed by atoms with E-state index in [-0.39, 0.29) is 135 Å². The minimum Gasteiger partial charge on any atom is -0.506 e. The number of likely N-dealkylation sites (tertiary alicyclic amines) is 2. The number of aromatic nitrogens is 10. The highest BCUT2D eigenvalue weighted by Crippen LogP contribution is 2.40. The summed E-state index contributed by atoms with van der Waals surface area (Å²) in [5, 5.41) is 150. The highest BCUT2D eigenvalue weighted by Gasteiger charge is 2.53. The van der Waals surface area contributed by atoms with E-state index in [1.165, 1.54) is 42.5 Å². The molecule has 0 bridgehead atoms. The Bertz CT molecular complexity index is 4940. The third kappa shape index (κ3) is 29.3. The summed E-state index contributed by atoms with van der Waals surface area (Å²) >= 11 is 0. The monoisotopic (exact) mass is 1990 g/mol. The Morgan fingerprint density at radius 2 is 1.03 bits per heavy atom. The Balaban J connectivity index is 0.578. The molecule has 7 fully saturated rings. The molecule has 3 saturated heterocycles. The molecule has 9 aliphatic rings. The first-order chi connectivity index (χ1) is 67.4. The fourth-order valence-electron chi connectivity index (χ4n) is 18.8. The zero-order chi connectivity index (χ0) is 99.8. The quantitative estimate of drug-likeness (QED) is 0.0189. The number of carbonyl (C=O) groups is 6. The molecule has 51 nitrogen and oxygen atoms in total. The van der Waals surface area contributed by atoms with Crippen molar-refractivity contribution < 1.29 is 151 Å². The van der Waals surface area contributed by atoms with Crippen LogP contribution in [0.15, 0.2) is 66.7 Å².